The summed E-state index contributed by atoms with van der Waals surface area (Å²) in [6.07, 6.45) is 29.9. The van der Waals surface area contributed by atoms with Crippen LogP contribution >= 0.6 is 0 Å². The average molecular weight is 1660 g/mol. The molecule has 22 heteroatoms. The SMILES string of the molecule is C[C@@H](NC(=O)c1ccc(OCc2cccc(F)c2)nc1)C(C)(C)C.Cc1cc(OCc2cccc(F)c2)ncc1C(=O)N[C@H](C)C1CCCCC1.O=C(NC12CC3CC(CC(C3)C1)C2)c1ccc(OCc2ccccc2)nc1.O=C(NC1CCCC1)c1ccc(OCc2ccccc2)nc1.O=C(NCC1CCC1)c1ccc(OCc2ccccc2)nc1. The fraction of sp³-hybridized carbons (Fsp3) is 0.400. The molecule has 0 radical (unpaired) electrons. The van der Waals surface area contributed by atoms with Gasteiger partial charge in [-0.1, -0.05) is 175 Å². The van der Waals surface area contributed by atoms with Crippen LogP contribution in [0, 0.1) is 53.6 Å². The predicted molar refractivity (Wildman–Crippen MR) is 467 cm³/mol. The highest BCUT2D eigenvalue weighted by molar-refractivity contribution is 5.97. The number of ether oxygens (including phenoxy) is 5. The molecular formula is C100H116F2N10O10. The predicted octanol–water partition coefficient (Wildman–Crippen LogP) is 19.7. The molecule has 122 heavy (non-hydrogen) atoms. The zero-order chi connectivity index (χ0) is 85.6. The van der Waals surface area contributed by atoms with Gasteiger partial charge in [0.15, 0.2) is 0 Å². The van der Waals surface area contributed by atoms with Crippen molar-refractivity contribution in [1.29, 1.82) is 0 Å². The van der Waals surface area contributed by atoms with Crippen LogP contribution in [0.5, 0.6) is 29.4 Å². The number of carbonyl (C=O) groups is 5. The Kier molecular flexibility index (Phi) is 32.6. The molecule has 2 atom stereocenters. The molecule has 640 valence electrons. The summed E-state index contributed by atoms with van der Waals surface area (Å²) in [6, 6.07) is 58.5. The Hall–Kier alpha value is -11.9. The van der Waals surface area contributed by atoms with Gasteiger partial charge in [0, 0.05) is 91.5 Å². The van der Waals surface area contributed by atoms with Crippen molar-refractivity contribution in [3.63, 3.8) is 0 Å². The summed E-state index contributed by atoms with van der Waals surface area (Å²) < 4.78 is 54.4. The maximum Gasteiger partial charge on any atom is 0.253 e. The van der Waals surface area contributed by atoms with Gasteiger partial charge < -0.3 is 50.3 Å². The molecule has 5 amide bonds. The van der Waals surface area contributed by atoms with Gasteiger partial charge in [0.1, 0.15) is 44.7 Å². The van der Waals surface area contributed by atoms with E-state index in [-0.39, 0.29) is 77.4 Å². The van der Waals surface area contributed by atoms with Gasteiger partial charge in [-0.25, -0.2) is 33.7 Å². The second kappa shape index (κ2) is 44.6. The van der Waals surface area contributed by atoms with Crippen molar-refractivity contribution in [2.75, 3.05) is 6.54 Å². The molecule has 5 aromatic heterocycles. The first-order chi connectivity index (χ1) is 59.1. The molecule has 7 saturated carbocycles. The lowest BCUT2D eigenvalue weighted by Crippen LogP contribution is -2.59. The van der Waals surface area contributed by atoms with Crippen molar-refractivity contribution >= 4 is 29.5 Å². The van der Waals surface area contributed by atoms with Crippen LogP contribution in [0.2, 0.25) is 0 Å². The van der Waals surface area contributed by atoms with Crippen molar-refractivity contribution in [1.82, 2.24) is 51.5 Å². The molecule has 7 aliphatic rings. The van der Waals surface area contributed by atoms with E-state index < -0.39 is 0 Å². The maximum atomic E-state index is 13.2. The lowest BCUT2D eigenvalue weighted by atomic mass is 9.53. The molecule has 5 heterocycles. The number of nitrogens with one attached hydrogen (secondary N) is 5. The van der Waals surface area contributed by atoms with E-state index in [1.165, 1.54) is 114 Å². The summed E-state index contributed by atoms with van der Waals surface area (Å²) >= 11 is 0. The smallest absolute Gasteiger partial charge is 0.253 e. The summed E-state index contributed by atoms with van der Waals surface area (Å²) in [5.74, 6) is 5.16. The topological polar surface area (TPSA) is 256 Å². The van der Waals surface area contributed by atoms with Crippen LogP contribution in [0.25, 0.3) is 0 Å². The zero-order valence-corrected chi connectivity index (χ0v) is 71.0. The van der Waals surface area contributed by atoms with Gasteiger partial charge in [0.2, 0.25) is 29.4 Å². The molecule has 0 spiro atoms. The number of hydrogen-bond donors (Lipinski definition) is 5. The van der Waals surface area contributed by atoms with E-state index in [9.17, 15) is 32.8 Å². The number of pyridine rings is 5. The fourth-order valence-corrected chi connectivity index (χ4v) is 16.5. The van der Waals surface area contributed by atoms with Crippen LogP contribution in [-0.4, -0.2) is 84.7 Å². The third kappa shape index (κ3) is 28.1. The van der Waals surface area contributed by atoms with Crippen LogP contribution in [-0.2, 0) is 33.0 Å². The second-order valence-corrected chi connectivity index (χ2v) is 34.4. The van der Waals surface area contributed by atoms with Crippen LogP contribution in [0.1, 0.15) is 235 Å². The van der Waals surface area contributed by atoms with Crippen molar-refractivity contribution in [2.45, 2.75) is 214 Å². The molecule has 7 aliphatic carbocycles. The molecular weight excluding hydrogens is 1540 g/mol. The van der Waals surface area contributed by atoms with Crippen molar-refractivity contribution in [2.24, 2.45) is 35.0 Å². The van der Waals surface area contributed by atoms with Crippen LogP contribution in [0.3, 0.4) is 0 Å². The minimum absolute atomic E-state index is 0.0130. The lowest BCUT2D eigenvalue weighted by Gasteiger charge is -2.56. The standard InChI is InChI=1S/C23H26N2O2.C22H27FN2O2.C19H23FN2O2.2C18H20N2O2/c26-22(25-23-11-17-8-18(12-23)10-19(9-17)13-23)20-6-7-21(24-14-20)27-15-16-4-2-1-3-5-16;1-15-11-21(27-14-17-7-6-10-19(23)12-17)24-13-20(15)22(26)25-16(2)18-8-4-3-5-9-18;1-13(19(2,3)4)22-18(23)15-8-9-17(21-11-15)24-12-14-6-5-7-16(20)10-14;21-18(20-16-8-4-5-9-16)15-10-11-17(19-12-15)22-13-14-6-2-1-3-7-14;21-18(20-11-14-7-4-8-14)16-9-10-17(19-12-16)22-13-15-5-2-1-3-6-15/h1-7,14,17-19H,8-13,15H2,(H,25,26);6-7,10-13,16,18H,3-5,8-9,14H2,1-2H3,(H,25,26);5-11,13H,12H2,1-4H3,(H,22,23);1-3,6-7,10-12,16H,4-5,8-9,13H2,(H,20,21);1-3,5-6,9-10,12,14H,4,7-8,11,13H2,(H,20,21)/t;16-;13-;;/m.11../s1. The van der Waals surface area contributed by atoms with Crippen LogP contribution in [0.4, 0.5) is 8.78 Å². The number of carbonyl (C=O) groups excluding carboxylic acids is 5. The first-order valence-corrected chi connectivity index (χ1v) is 43.2. The molecule has 4 bridgehead atoms. The molecule has 20 nitrogen and oxygen atoms in total. The van der Waals surface area contributed by atoms with Gasteiger partial charge in [-0.05, 0) is 215 Å². The number of hydrogen-bond acceptors (Lipinski definition) is 15. The Morgan fingerprint density at radius 3 is 1.23 bits per heavy atom. The largest absolute Gasteiger partial charge is 0.473 e. The zero-order valence-electron chi connectivity index (χ0n) is 71.0. The molecule has 17 rings (SSSR count). The summed E-state index contributed by atoms with van der Waals surface area (Å²) in [6.45, 7) is 14.8. The Morgan fingerprint density at radius 1 is 0.418 bits per heavy atom. The maximum absolute atomic E-state index is 13.2. The average Bonchev–Trinajstić information content (AvgIpc) is 0.799. The molecule has 0 unspecified atom stereocenters. The molecule has 0 saturated heterocycles. The third-order valence-electron chi connectivity index (χ3n) is 23.8. The van der Waals surface area contributed by atoms with Gasteiger partial charge >= 0.3 is 0 Å². The highest BCUT2D eigenvalue weighted by Gasteiger charge is 2.51. The van der Waals surface area contributed by atoms with Gasteiger partial charge in [-0.2, -0.15) is 0 Å². The van der Waals surface area contributed by atoms with Crippen LogP contribution < -0.4 is 50.3 Å². The number of benzene rings is 5. The molecule has 10 aromatic rings. The van der Waals surface area contributed by atoms with E-state index in [1.54, 1.807) is 97.6 Å². The quantitative estimate of drug-likeness (QED) is 0.0321. The van der Waals surface area contributed by atoms with Crippen molar-refractivity contribution in [3.05, 3.63) is 298 Å². The van der Waals surface area contributed by atoms with E-state index in [0.717, 1.165) is 89.8 Å². The van der Waals surface area contributed by atoms with E-state index in [4.69, 9.17) is 23.7 Å². The second-order valence-electron chi connectivity index (χ2n) is 34.4. The normalized spacial score (nSPS) is 18.0. The van der Waals surface area contributed by atoms with Crippen LogP contribution in [0.15, 0.2) is 225 Å². The van der Waals surface area contributed by atoms with E-state index in [1.807, 2.05) is 111 Å². The minimum Gasteiger partial charge on any atom is -0.473 e. The number of nitrogens with zero attached hydrogens (tertiary/aromatic N) is 5. The summed E-state index contributed by atoms with van der Waals surface area (Å²) in [4.78, 5) is 82.8. The Morgan fingerprint density at radius 2 is 0.820 bits per heavy atom. The first kappa shape index (κ1) is 89.3. The summed E-state index contributed by atoms with van der Waals surface area (Å²) in [5, 5.41) is 15.5. The minimum atomic E-state index is -0.302. The Balaban J connectivity index is 0.000000140. The van der Waals surface area contributed by atoms with E-state index in [0.29, 0.717) is 94.9 Å². The number of halogens is 2. The number of aryl methyl sites for hydroxylation is 1. The Bertz CT molecular complexity index is 4920. The number of aromatic nitrogens is 5. The number of rotatable bonds is 27. The monoisotopic (exact) mass is 1650 g/mol. The van der Waals surface area contributed by atoms with Crippen molar-refractivity contribution in [3.8, 4) is 29.4 Å². The van der Waals surface area contributed by atoms with E-state index >= 15 is 0 Å². The van der Waals surface area contributed by atoms with Gasteiger partial charge in [-0.15, -0.1) is 0 Å². The summed E-state index contributed by atoms with van der Waals surface area (Å²) in [5.41, 5.74) is 8.39. The van der Waals surface area contributed by atoms with Gasteiger partial charge in [0.05, 0.1) is 27.8 Å². The highest BCUT2D eigenvalue weighted by Crippen LogP contribution is 2.56. The van der Waals surface area contributed by atoms with E-state index in [2.05, 4.69) is 79.2 Å². The third-order valence-corrected chi connectivity index (χ3v) is 23.8. The molecule has 7 fully saturated rings. The molecule has 5 aromatic carbocycles. The molecule has 0 aliphatic heterocycles. The van der Waals surface area contributed by atoms with Gasteiger partial charge in [0.25, 0.3) is 29.5 Å². The number of amides is 5. The van der Waals surface area contributed by atoms with Crippen molar-refractivity contribution < 1.29 is 56.4 Å². The molecule has 5 N–H and O–H groups in total. The lowest BCUT2D eigenvalue weighted by molar-refractivity contribution is -0.0167. The van der Waals surface area contributed by atoms with Gasteiger partial charge in [-0.3, -0.25) is 24.0 Å². The fourth-order valence-electron chi connectivity index (χ4n) is 16.5. The summed E-state index contributed by atoms with van der Waals surface area (Å²) in [7, 11) is 0. The Labute approximate surface area is 716 Å². The first-order valence-electron chi connectivity index (χ1n) is 43.2. The highest BCUT2D eigenvalue weighted by atomic mass is 19.1.